The Bertz CT molecular complexity index is 846. The Kier molecular flexibility index (Phi) is 6.08. The second-order valence-corrected chi connectivity index (χ2v) is 6.24. The van der Waals surface area contributed by atoms with Gasteiger partial charge in [-0.2, -0.15) is 5.10 Å². The van der Waals surface area contributed by atoms with Gasteiger partial charge in [-0.1, -0.05) is 15.9 Å². The Balaban J connectivity index is 1.90. The van der Waals surface area contributed by atoms with Gasteiger partial charge in [0.15, 0.2) is 6.61 Å². The van der Waals surface area contributed by atoms with Crippen LogP contribution in [0.25, 0.3) is 6.08 Å². The number of aromatic nitrogens is 2. The first-order valence-electron chi connectivity index (χ1n) is 7.38. The van der Waals surface area contributed by atoms with E-state index in [0.717, 1.165) is 11.8 Å². The van der Waals surface area contributed by atoms with E-state index in [-0.39, 0.29) is 5.56 Å². The molecule has 2 rings (SSSR count). The van der Waals surface area contributed by atoms with Crippen molar-refractivity contribution in [2.75, 3.05) is 11.9 Å². The summed E-state index contributed by atoms with van der Waals surface area (Å²) >= 11 is 3.22. The fourth-order valence-corrected chi connectivity index (χ4v) is 2.49. The Morgan fingerprint density at radius 1 is 1.40 bits per heavy atom. The number of carbonyl (C=O) groups is 2. The molecule has 1 amide bonds. The van der Waals surface area contributed by atoms with E-state index in [2.05, 4.69) is 26.3 Å². The average Bonchev–Trinajstić information content (AvgIpc) is 2.80. The molecule has 0 radical (unpaired) electrons. The minimum Gasteiger partial charge on any atom is -0.452 e. The van der Waals surface area contributed by atoms with Crippen LogP contribution in [0.2, 0.25) is 0 Å². The third-order valence-corrected chi connectivity index (χ3v) is 3.97. The van der Waals surface area contributed by atoms with Crippen molar-refractivity contribution in [3.8, 4) is 0 Å². The lowest BCUT2D eigenvalue weighted by Crippen LogP contribution is -2.20. The highest BCUT2D eigenvalue weighted by Gasteiger charge is 2.13. The molecule has 0 unspecified atom stereocenters. The van der Waals surface area contributed by atoms with E-state index < -0.39 is 24.3 Å². The van der Waals surface area contributed by atoms with E-state index >= 15 is 0 Å². The molecule has 0 atom stereocenters. The first-order valence-corrected chi connectivity index (χ1v) is 8.17. The molecule has 0 bridgehead atoms. The van der Waals surface area contributed by atoms with Crippen molar-refractivity contribution in [2.45, 2.75) is 13.8 Å². The average molecular weight is 410 g/mol. The van der Waals surface area contributed by atoms with Crippen LogP contribution >= 0.6 is 15.9 Å². The van der Waals surface area contributed by atoms with Crippen LogP contribution in [0, 0.1) is 19.7 Å². The van der Waals surface area contributed by atoms with E-state index in [4.69, 9.17) is 4.74 Å². The Morgan fingerprint density at radius 3 is 2.76 bits per heavy atom. The normalized spacial score (nSPS) is 10.9. The first kappa shape index (κ1) is 18.9. The van der Waals surface area contributed by atoms with Crippen molar-refractivity contribution in [3.05, 3.63) is 51.5 Å². The number of hydrogen-bond donors (Lipinski definition) is 1. The third-order valence-electron chi connectivity index (χ3n) is 3.48. The molecule has 1 N–H and O–H groups in total. The fourth-order valence-electron chi connectivity index (χ4n) is 2.11. The molecule has 1 heterocycles. The Morgan fingerprint density at radius 2 is 2.12 bits per heavy atom. The second kappa shape index (κ2) is 8.06. The van der Waals surface area contributed by atoms with Crippen LogP contribution in [-0.2, 0) is 21.4 Å². The number of amides is 1. The van der Waals surface area contributed by atoms with E-state index in [1.807, 2.05) is 6.92 Å². The molecule has 132 valence electrons. The van der Waals surface area contributed by atoms with Crippen molar-refractivity contribution < 1.29 is 18.7 Å². The highest BCUT2D eigenvalue weighted by molar-refractivity contribution is 9.10. The summed E-state index contributed by atoms with van der Waals surface area (Å²) in [4.78, 5) is 23.6. The molecule has 0 aliphatic rings. The summed E-state index contributed by atoms with van der Waals surface area (Å²) in [5, 5.41) is 6.84. The predicted molar refractivity (Wildman–Crippen MR) is 95.4 cm³/mol. The van der Waals surface area contributed by atoms with Crippen molar-refractivity contribution in [2.24, 2.45) is 7.05 Å². The zero-order chi connectivity index (χ0) is 18.6. The summed E-state index contributed by atoms with van der Waals surface area (Å²) in [5.74, 6) is -1.68. The van der Waals surface area contributed by atoms with Crippen LogP contribution in [0.5, 0.6) is 0 Å². The third kappa shape index (κ3) is 4.99. The van der Waals surface area contributed by atoms with Crippen molar-refractivity contribution in [3.63, 3.8) is 0 Å². The second-order valence-electron chi connectivity index (χ2n) is 5.32. The molecule has 1 aromatic carbocycles. The van der Waals surface area contributed by atoms with E-state index in [0.29, 0.717) is 15.9 Å². The summed E-state index contributed by atoms with van der Waals surface area (Å²) < 4.78 is 20.7. The smallest absolute Gasteiger partial charge is 0.331 e. The molecule has 0 spiro atoms. The predicted octanol–water partition coefficient (Wildman–Crippen LogP) is 3.13. The molecule has 8 heteroatoms. The minimum atomic E-state index is -0.742. The number of rotatable bonds is 5. The molecule has 0 saturated heterocycles. The molecule has 2 aromatic rings. The number of ether oxygens (including phenoxy) is 1. The van der Waals surface area contributed by atoms with Crippen LogP contribution in [0.1, 0.15) is 17.0 Å². The van der Waals surface area contributed by atoms with Crippen LogP contribution in [-0.4, -0.2) is 28.3 Å². The van der Waals surface area contributed by atoms with E-state index in [9.17, 15) is 14.0 Å². The van der Waals surface area contributed by atoms with Gasteiger partial charge in [0.05, 0.1) is 17.1 Å². The largest absolute Gasteiger partial charge is 0.452 e. The fraction of sp³-hybridized carbons (Fsp3) is 0.235. The van der Waals surface area contributed by atoms with Gasteiger partial charge in [0.1, 0.15) is 5.82 Å². The van der Waals surface area contributed by atoms with Crippen molar-refractivity contribution in [1.29, 1.82) is 0 Å². The van der Waals surface area contributed by atoms with Crippen molar-refractivity contribution in [1.82, 2.24) is 9.78 Å². The highest BCUT2D eigenvalue weighted by Crippen LogP contribution is 2.18. The van der Waals surface area contributed by atoms with Crippen LogP contribution in [0.4, 0.5) is 10.1 Å². The maximum atomic E-state index is 13.6. The van der Waals surface area contributed by atoms with Gasteiger partial charge in [0.25, 0.3) is 5.91 Å². The van der Waals surface area contributed by atoms with Gasteiger partial charge in [-0.05, 0) is 38.1 Å². The standard InChI is InChI=1S/C17H17BrFN3O3/c1-10-17(11(2)22(3)21-10)20-15(23)9-25-16(24)7-4-12-8-13(18)5-6-14(12)19/h4-8H,9H2,1-3H3,(H,20,23)/b7-4+. The summed E-state index contributed by atoms with van der Waals surface area (Å²) in [6, 6.07) is 4.36. The molecule has 25 heavy (non-hydrogen) atoms. The minimum absolute atomic E-state index is 0.234. The summed E-state index contributed by atoms with van der Waals surface area (Å²) in [6.07, 6.45) is 2.36. The quantitative estimate of drug-likeness (QED) is 0.607. The van der Waals surface area contributed by atoms with E-state index in [1.165, 1.54) is 18.2 Å². The molecule has 0 aliphatic carbocycles. The SMILES string of the molecule is Cc1nn(C)c(C)c1NC(=O)COC(=O)/C=C/c1cc(Br)ccc1F. The Hall–Kier alpha value is -2.48. The lowest BCUT2D eigenvalue weighted by atomic mass is 10.2. The number of nitrogens with zero attached hydrogens (tertiary/aromatic N) is 2. The molecule has 0 saturated carbocycles. The number of anilines is 1. The molecular formula is C17H17BrFN3O3. The zero-order valence-electron chi connectivity index (χ0n) is 14.0. The maximum Gasteiger partial charge on any atom is 0.331 e. The zero-order valence-corrected chi connectivity index (χ0v) is 15.6. The van der Waals surface area contributed by atoms with Crippen molar-refractivity contribution >= 4 is 39.6 Å². The molecule has 0 aliphatic heterocycles. The van der Waals surface area contributed by atoms with Crippen LogP contribution < -0.4 is 5.32 Å². The van der Waals surface area contributed by atoms with Gasteiger partial charge >= 0.3 is 5.97 Å². The van der Waals surface area contributed by atoms with Gasteiger partial charge in [-0.3, -0.25) is 9.48 Å². The lowest BCUT2D eigenvalue weighted by Gasteiger charge is -2.06. The van der Waals surface area contributed by atoms with E-state index in [1.54, 1.807) is 24.7 Å². The van der Waals surface area contributed by atoms with Crippen LogP contribution in [0.15, 0.2) is 28.7 Å². The highest BCUT2D eigenvalue weighted by atomic mass is 79.9. The molecule has 6 nitrogen and oxygen atoms in total. The van der Waals surface area contributed by atoms with Gasteiger partial charge < -0.3 is 10.1 Å². The number of nitrogens with one attached hydrogen (secondary N) is 1. The summed E-state index contributed by atoms with van der Waals surface area (Å²) in [7, 11) is 1.77. The monoisotopic (exact) mass is 409 g/mol. The van der Waals surface area contributed by atoms with Crippen LogP contribution in [0.3, 0.4) is 0 Å². The maximum absolute atomic E-state index is 13.6. The summed E-state index contributed by atoms with van der Waals surface area (Å²) in [5.41, 5.74) is 2.29. The molecule has 1 aromatic heterocycles. The lowest BCUT2D eigenvalue weighted by molar-refractivity contribution is -0.142. The summed E-state index contributed by atoms with van der Waals surface area (Å²) in [6.45, 7) is 3.14. The number of halogens is 2. The number of hydrogen-bond acceptors (Lipinski definition) is 4. The topological polar surface area (TPSA) is 73.2 Å². The number of benzene rings is 1. The van der Waals surface area contributed by atoms with Gasteiger partial charge in [0.2, 0.25) is 0 Å². The first-order chi connectivity index (χ1) is 11.8. The number of esters is 1. The van der Waals surface area contributed by atoms with Gasteiger partial charge in [-0.25, -0.2) is 9.18 Å². The molecular weight excluding hydrogens is 393 g/mol. The number of carbonyl (C=O) groups excluding carboxylic acids is 2. The van der Waals surface area contributed by atoms with Gasteiger partial charge in [-0.15, -0.1) is 0 Å². The number of aryl methyl sites for hydroxylation is 2. The molecule has 0 fully saturated rings. The van der Waals surface area contributed by atoms with Gasteiger partial charge in [0, 0.05) is 23.2 Å². The Labute approximate surface area is 152 Å².